The largest absolute Gasteiger partial charge is 0.497 e. The second kappa shape index (κ2) is 6.65. The Morgan fingerprint density at radius 2 is 2.16 bits per heavy atom. The van der Waals surface area contributed by atoms with Crippen LogP contribution in [-0.2, 0) is 6.54 Å². The Kier molecular flexibility index (Phi) is 4.36. The summed E-state index contributed by atoms with van der Waals surface area (Å²) in [6.45, 7) is 3.96. The highest BCUT2D eigenvalue weighted by molar-refractivity contribution is 7.12. The maximum atomic E-state index is 12.0. The number of hydrogen-bond donors (Lipinski definition) is 0. The molecule has 1 aromatic carbocycles. The number of fused-ring (bicyclic) bond motifs is 1. The molecule has 0 radical (unpaired) electrons. The summed E-state index contributed by atoms with van der Waals surface area (Å²) in [5, 5.41) is 0.980. The lowest BCUT2D eigenvalue weighted by molar-refractivity contribution is 0.252. The number of ether oxygens (including phenoxy) is 1. The number of nitrogens with zero attached hydrogens (tertiary/aromatic N) is 1. The van der Waals surface area contributed by atoms with Crippen LogP contribution in [-0.4, -0.2) is 18.6 Å². The van der Waals surface area contributed by atoms with Crippen molar-refractivity contribution < 1.29 is 9.15 Å². The van der Waals surface area contributed by atoms with Gasteiger partial charge in [-0.1, -0.05) is 0 Å². The Hall–Kier alpha value is -2.11. The molecule has 130 valence electrons. The van der Waals surface area contributed by atoms with Gasteiger partial charge in [-0.05, 0) is 56.1 Å². The first-order valence-corrected chi connectivity index (χ1v) is 9.37. The van der Waals surface area contributed by atoms with Crippen LogP contribution in [0.25, 0.3) is 11.0 Å². The molecule has 4 rings (SSSR count). The van der Waals surface area contributed by atoms with Gasteiger partial charge in [0.2, 0.25) is 0 Å². The van der Waals surface area contributed by atoms with Crippen molar-refractivity contribution in [2.24, 2.45) is 0 Å². The smallest absolute Gasteiger partial charge is 0.336 e. The minimum Gasteiger partial charge on any atom is -0.497 e. The molecular formula is C20H21NO3S. The highest BCUT2D eigenvalue weighted by atomic mass is 32.1. The quantitative estimate of drug-likeness (QED) is 0.646. The number of hydrogen-bond acceptors (Lipinski definition) is 5. The molecule has 3 heterocycles. The molecule has 1 aliphatic rings. The van der Waals surface area contributed by atoms with Gasteiger partial charge in [-0.2, -0.15) is 0 Å². The third-order valence-corrected chi connectivity index (χ3v) is 5.97. The molecule has 25 heavy (non-hydrogen) atoms. The van der Waals surface area contributed by atoms with Crippen molar-refractivity contribution in [2.45, 2.75) is 32.4 Å². The molecule has 1 unspecified atom stereocenters. The first-order valence-electron chi connectivity index (χ1n) is 8.55. The molecular weight excluding hydrogens is 334 g/mol. The van der Waals surface area contributed by atoms with E-state index < -0.39 is 0 Å². The second-order valence-corrected chi connectivity index (χ2v) is 7.85. The second-order valence-electron chi connectivity index (χ2n) is 6.53. The Morgan fingerprint density at radius 3 is 2.92 bits per heavy atom. The molecule has 0 bridgehead atoms. The van der Waals surface area contributed by atoms with Crippen molar-refractivity contribution in [2.75, 3.05) is 13.7 Å². The summed E-state index contributed by atoms with van der Waals surface area (Å²) in [6.07, 6.45) is 2.36. The number of aryl methyl sites for hydroxylation is 1. The number of benzene rings is 1. The topological polar surface area (TPSA) is 42.7 Å². The fourth-order valence-electron chi connectivity index (χ4n) is 3.66. The Bertz CT molecular complexity index is 959. The van der Waals surface area contributed by atoms with Crippen LogP contribution >= 0.6 is 11.3 Å². The van der Waals surface area contributed by atoms with Gasteiger partial charge < -0.3 is 9.15 Å². The molecule has 1 atom stereocenters. The van der Waals surface area contributed by atoms with Crippen molar-refractivity contribution in [3.63, 3.8) is 0 Å². The van der Waals surface area contributed by atoms with E-state index in [1.807, 2.05) is 23.5 Å². The lowest BCUT2D eigenvalue weighted by atomic mass is 10.1. The van der Waals surface area contributed by atoms with E-state index in [1.165, 1.54) is 22.6 Å². The van der Waals surface area contributed by atoms with Crippen LogP contribution in [0.3, 0.4) is 0 Å². The molecule has 1 aliphatic heterocycles. The standard InChI is InChI=1S/C20H21NO3S/c1-13-5-8-19(25-13)17-4-3-9-21(17)12-14-10-20(22)24-18-11-15(23-2)6-7-16(14)18/h5-8,10-11,17H,3-4,9,12H2,1-2H3. The lowest BCUT2D eigenvalue weighted by Gasteiger charge is -2.24. The Balaban J connectivity index is 1.69. The Morgan fingerprint density at radius 1 is 1.28 bits per heavy atom. The van der Waals surface area contributed by atoms with E-state index in [1.54, 1.807) is 19.2 Å². The molecule has 2 aromatic heterocycles. The van der Waals surface area contributed by atoms with Crippen molar-refractivity contribution in [1.29, 1.82) is 0 Å². The van der Waals surface area contributed by atoms with E-state index in [0.29, 0.717) is 17.4 Å². The highest BCUT2D eigenvalue weighted by Gasteiger charge is 2.27. The van der Waals surface area contributed by atoms with E-state index in [0.717, 1.165) is 24.0 Å². The number of likely N-dealkylation sites (tertiary alicyclic amines) is 1. The summed E-state index contributed by atoms with van der Waals surface area (Å²) in [4.78, 5) is 17.3. The van der Waals surface area contributed by atoms with Crippen LogP contribution in [0.5, 0.6) is 5.75 Å². The minimum absolute atomic E-state index is 0.307. The third kappa shape index (κ3) is 3.22. The zero-order chi connectivity index (χ0) is 17.4. The van der Waals surface area contributed by atoms with E-state index in [2.05, 4.69) is 24.0 Å². The average Bonchev–Trinajstić information content (AvgIpc) is 3.22. The fraction of sp³-hybridized carbons (Fsp3) is 0.350. The van der Waals surface area contributed by atoms with Crippen LogP contribution in [0.1, 0.15) is 34.2 Å². The fourth-order valence-corrected chi connectivity index (χ4v) is 4.70. The molecule has 0 saturated carbocycles. The first-order chi connectivity index (χ1) is 12.1. The summed E-state index contributed by atoms with van der Waals surface area (Å²) in [7, 11) is 1.61. The van der Waals surface area contributed by atoms with Gasteiger partial charge in [-0.15, -0.1) is 11.3 Å². The van der Waals surface area contributed by atoms with Crippen LogP contribution in [0.15, 0.2) is 45.6 Å². The predicted molar refractivity (Wildman–Crippen MR) is 100 cm³/mol. The molecule has 1 saturated heterocycles. The highest BCUT2D eigenvalue weighted by Crippen LogP contribution is 2.37. The molecule has 1 fully saturated rings. The molecule has 3 aromatic rings. The maximum absolute atomic E-state index is 12.0. The molecule has 4 nitrogen and oxygen atoms in total. The first kappa shape index (κ1) is 16.4. The van der Waals surface area contributed by atoms with Gasteiger partial charge in [-0.3, -0.25) is 4.90 Å². The average molecular weight is 355 g/mol. The monoisotopic (exact) mass is 355 g/mol. The molecule has 0 spiro atoms. The number of rotatable bonds is 4. The normalized spacial score (nSPS) is 18.1. The number of methoxy groups -OCH3 is 1. The maximum Gasteiger partial charge on any atom is 0.336 e. The van der Waals surface area contributed by atoms with E-state index >= 15 is 0 Å². The van der Waals surface area contributed by atoms with Crippen molar-refractivity contribution >= 4 is 22.3 Å². The van der Waals surface area contributed by atoms with Crippen LogP contribution in [0.4, 0.5) is 0 Å². The molecule has 0 N–H and O–H groups in total. The lowest BCUT2D eigenvalue weighted by Crippen LogP contribution is -2.23. The molecule has 0 aliphatic carbocycles. The van der Waals surface area contributed by atoms with Crippen LogP contribution in [0, 0.1) is 6.92 Å². The summed E-state index contributed by atoms with van der Waals surface area (Å²) in [5.41, 5.74) is 1.30. The van der Waals surface area contributed by atoms with Gasteiger partial charge >= 0.3 is 5.63 Å². The predicted octanol–water partition coefficient (Wildman–Crippen LogP) is 4.51. The summed E-state index contributed by atoms with van der Waals surface area (Å²) in [6, 6.07) is 12.2. The van der Waals surface area contributed by atoms with Gasteiger partial charge in [0.05, 0.1) is 7.11 Å². The van der Waals surface area contributed by atoms with E-state index in [9.17, 15) is 4.79 Å². The van der Waals surface area contributed by atoms with Gasteiger partial charge in [0.25, 0.3) is 0 Å². The van der Waals surface area contributed by atoms with Crippen LogP contribution in [0.2, 0.25) is 0 Å². The van der Waals surface area contributed by atoms with Gasteiger partial charge in [-0.25, -0.2) is 4.79 Å². The van der Waals surface area contributed by atoms with E-state index in [4.69, 9.17) is 9.15 Å². The van der Waals surface area contributed by atoms with Crippen molar-refractivity contribution in [3.8, 4) is 5.75 Å². The zero-order valence-corrected chi connectivity index (χ0v) is 15.3. The van der Waals surface area contributed by atoms with E-state index in [-0.39, 0.29) is 5.63 Å². The summed E-state index contributed by atoms with van der Waals surface area (Å²) in [5.74, 6) is 0.695. The zero-order valence-electron chi connectivity index (χ0n) is 14.5. The van der Waals surface area contributed by atoms with Crippen molar-refractivity contribution in [3.05, 3.63) is 62.1 Å². The summed E-state index contributed by atoms with van der Waals surface area (Å²) >= 11 is 1.87. The number of thiophene rings is 1. The Labute approximate surface area is 150 Å². The van der Waals surface area contributed by atoms with Gasteiger partial charge in [0.1, 0.15) is 11.3 Å². The SMILES string of the molecule is COc1ccc2c(CN3CCCC3c3ccc(C)s3)cc(=O)oc2c1. The minimum atomic E-state index is -0.307. The third-order valence-electron chi connectivity index (χ3n) is 4.86. The molecule has 5 heteroatoms. The van der Waals surface area contributed by atoms with Crippen LogP contribution < -0.4 is 10.4 Å². The molecule has 0 amide bonds. The van der Waals surface area contributed by atoms with Gasteiger partial charge in [0.15, 0.2) is 0 Å². The van der Waals surface area contributed by atoms with Crippen molar-refractivity contribution in [1.82, 2.24) is 4.90 Å². The summed E-state index contributed by atoms with van der Waals surface area (Å²) < 4.78 is 10.6. The van der Waals surface area contributed by atoms with Gasteiger partial charge in [0, 0.05) is 39.9 Å².